The number of aryl methyl sites for hydroxylation is 2. The van der Waals surface area contributed by atoms with Crippen molar-refractivity contribution in [2.45, 2.75) is 32.1 Å². The first-order chi connectivity index (χ1) is 9.56. The fourth-order valence-electron chi connectivity index (χ4n) is 1.70. The van der Waals surface area contributed by atoms with E-state index in [1.807, 2.05) is 13.8 Å². The van der Waals surface area contributed by atoms with E-state index >= 15 is 0 Å². The van der Waals surface area contributed by atoms with Gasteiger partial charge in [-0.05, 0) is 32.9 Å². The van der Waals surface area contributed by atoms with E-state index in [2.05, 4.69) is 46.7 Å². The van der Waals surface area contributed by atoms with E-state index in [1.165, 1.54) is 10.5 Å². The molecule has 0 aliphatic rings. The number of carbonyl (C=O) groups excluding carboxylic acids is 1. The Labute approximate surface area is 123 Å². The number of aromatic amines is 1. The summed E-state index contributed by atoms with van der Waals surface area (Å²) in [7, 11) is 0. The first kappa shape index (κ1) is 14.7. The molecule has 20 heavy (non-hydrogen) atoms. The Morgan fingerprint density at radius 3 is 2.55 bits per heavy atom. The fourth-order valence-corrected chi connectivity index (χ4v) is 2.55. The molecule has 0 fully saturated rings. The van der Waals surface area contributed by atoms with Crippen LogP contribution >= 0.6 is 11.8 Å². The lowest BCUT2D eigenvalue weighted by Crippen LogP contribution is -2.13. The highest BCUT2D eigenvalue weighted by Gasteiger charge is 2.09. The topological polar surface area (TPSA) is 57.8 Å². The normalized spacial score (nSPS) is 10.6. The van der Waals surface area contributed by atoms with Gasteiger partial charge in [-0.15, -0.1) is 11.8 Å². The van der Waals surface area contributed by atoms with Crippen LogP contribution in [0.3, 0.4) is 0 Å². The maximum absolute atomic E-state index is 11.8. The van der Waals surface area contributed by atoms with E-state index in [0.717, 1.165) is 17.0 Å². The third kappa shape index (κ3) is 3.87. The van der Waals surface area contributed by atoms with E-state index in [4.69, 9.17) is 0 Å². The second-order valence-electron chi connectivity index (χ2n) is 4.78. The Bertz CT molecular complexity index is 590. The van der Waals surface area contributed by atoms with E-state index < -0.39 is 0 Å². The summed E-state index contributed by atoms with van der Waals surface area (Å²) in [6, 6.07) is 8.33. The van der Waals surface area contributed by atoms with Crippen LogP contribution in [0.5, 0.6) is 0 Å². The zero-order valence-electron chi connectivity index (χ0n) is 12.0. The van der Waals surface area contributed by atoms with Crippen LogP contribution in [0.2, 0.25) is 0 Å². The summed E-state index contributed by atoms with van der Waals surface area (Å²) in [6.07, 6.45) is 0.476. The Balaban J connectivity index is 1.78. The number of nitrogens with one attached hydrogen (secondary N) is 2. The molecule has 0 aliphatic heterocycles. The summed E-state index contributed by atoms with van der Waals surface area (Å²) in [4.78, 5) is 13.0. The highest BCUT2D eigenvalue weighted by molar-refractivity contribution is 7.99. The molecule has 0 aliphatic carbocycles. The predicted molar refractivity (Wildman–Crippen MR) is 83.2 cm³/mol. The Morgan fingerprint density at radius 2 is 1.95 bits per heavy atom. The lowest BCUT2D eigenvalue weighted by atomic mass is 10.2. The number of nitrogens with zero attached hydrogens (tertiary/aromatic N) is 1. The average Bonchev–Trinajstić information content (AvgIpc) is 2.73. The molecule has 0 atom stereocenters. The summed E-state index contributed by atoms with van der Waals surface area (Å²) in [5, 5.41) is 9.76. The number of amides is 1. The minimum atomic E-state index is -0.000730. The lowest BCUT2D eigenvalue weighted by Gasteiger charge is -2.04. The van der Waals surface area contributed by atoms with Crippen LogP contribution in [-0.4, -0.2) is 21.9 Å². The molecule has 2 aromatic rings. The highest BCUT2D eigenvalue weighted by Crippen LogP contribution is 2.19. The summed E-state index contributed by atoms with van der Waals surface area (Å²) < 4.78 is 0. The molecule has 1 amide bonds. The van der Waals surface area contributed by atoms with Crippen molar-refractivity contribution in [3.05, 3.63) is 41.1 Å². The SMILES string of the molecule is Cc1ccc(SCCC(=O)Nc2n[nH]c(C)c2C)cc1. The first-order valence-electron chi connectivity index (χ1n) is 6.57. The molecule has 5 heteroatoms. The van der Waals surface area contributed by atoms with Gasteiger partial charge < -0.3 is 5.32 Å². The van der Waals surface area contributed by atoms with Crippen LogP contribution < -0.4 is 5.32 Å². The number of hydrogen-bond acceptors (Lipinski definition) is 3. The number of thioether (sulfide) groups is 1. The van der Waals surface area contributed by atoms with Gasteiger partial charge in [0.15, 0.2) is 5.82 Å². The van der Waals surface area contributed by atoms with Gasteiger partial charge in [0.05, 0.1) is 0 Å². The van der Waals surface area contributed by atoms with Gasteiger partial charge in [-0.25, -0.2) is 0 Å². The van der Waals surface area contributed by atoms with Crippen molar-refractivity contribution >= 4 is 23.5 Å². The summed E-state index contributed by atoms with van der Waals surface area (Å²) in [5.74, 6) is 1.39. The quantitative estimate of drug-likeness (QED) is 0.829. The second-order valence-corrected chi connectivity index (χ2v) is 5.95. The number of hydrogen-bond donors (Lipinski definition) is 2. The number of aromatic nitrogens is 2. The van der Waals surface area contributed by atoms with Crippen molar-refractivity contribution < 1.29 is 4.79 Å². The Hall–Kier alpha value is -1.75. The van der Waals surface area contributed by atoms with Crippen LogP contribution in [0.15, 0.2) is 29.2 Å². The van der Waals surface area contributed by atoms with Crippen LogP contribution in [0.4, 0.5) is 5.82 Å². The molecule has 1 aromatic heterocycles. The molecule has 0 saturated heterocycles. The van der Waals surface area contributed by atoms with Gasteiger partial charge in [0.2, 0.25) is 5.91 Å². The van der Waals surface area contributed by atoms with Gasteiger partial charge in [0, 0.05) is 28.3 Å². The molecular formula is C15H19N3OS. The molecule has 0 bridgehead atoms. The second kappa shape index (κ2) is 6.61. The minimum absolute atomic E-state index is 0.000730. The van der Waals surface area contributed by atoms with E-state index in [9.17, 15) is 4.79 Å². The van der Waals surface area contributed by atoms with Gasteiger partial charge in [0.1, 0.15) is 0 Å². The highest BCUT2D eigenvalue weighted by atomic mass is 32.2. The van der Waals surface area contributed by atoms with Gasteiger partial charge in [-0.2, -0.15) is 5.10 Å². The standard InChI is InChI=1S/C15H19N3OS/c1-10-4-6-13(7-5-10)20-9-8-14(19)16-15-11(2)12(3)17-18-15/h4-7H,8-9H2,1-3H3,(H2,16,17,18,19). The molecule has 1 aromatic carbocycles. The van der Waals surface area contributed by atoms with Gasteiger partial charge in [-0.1, -0.05) is 17.7 Å². The Kier molecular flexibility index (Phi) is 4.84. The monoisotopic (exact) mass is 289 g/mol. The van der Waals surface area contributed by atoms with Crippen molar-refractivity contribution in [3.8, 4) is 0 Å². The molecule has 0 spiro atoms. The maximum atomic E-state index is 11.8. The number of benzene rings is 1. The van der Waals surface area contributed by atoms with Crippen molar-refractivity contribution in [1.29, 1.82) is 0 Å². The largest absolute Gasteiger partial charge is 0.309 e. The fraction of sp³-hybridized carbons (Fsp3) is 0.333. The van der Waals surface area contributed by atoms with Crippen LogP contribution in [0, 0.1) is 20.8 Å². The summed E-state index contributed by atoms with van der Waals surface area (Å²) in [5.41, 5.74) is 3.22. The number of rotatable bonds is 5. The first-order valence-corrected chi connectivity index (χ1v) is 7.55. The third-order valence-corrected chi connectivity index (χ3v) is 4.14. The van der Waals surface area contributed by atoms with Crippen LogP contribution in [-0.2, 0) is 4.79 Å². The average molecular weight is 289 g/mol. The Morgan fingerprint density at radius 1 is 1.25 bits per heavy atom. The van der Waals surface area contributed by atoms with E-state index in [1.54, 1.807) is 11.8 Å². The van der Waals surface area contributed by atoms with Gasteiger partial charge >= 0.3 is 0 Å². The van der Waals surface area contributed by atoms with Crippen molar-refractivity contribution in [3.63, 3.8) is 0 Å². The van der Waals surface area contributed by atoms with Crippen LogP contribution in [0.1, 0.15) is 23.2 Å². The number of anilines is 1. The van der Waals surface area contributed by atoms with Crippen LogP contribution in [0.25, 0.3) is 0 Å². The molecular weight excluding hydrogens is 270 g/mol. The summed E-state index contributed by atoms with van der Waals surface area (Å²) >= 11 is 1.69. The predicted octanol–water partition coefficient (Wildman–Crippen LogP) is 3.46. The lowest BCUT2D eigenvalue weighted by molar-refractivity contribution is -0.115. The van der Waals surface area contributed by atoms with Gasteiger partial charge in [0.25, 0.3) is 0 Å². The molecule has 0 saturated carbocycles. The number of H-pyrrole nitrogens is 1. The van der Waals surface area contributed by atoms with E-state index in [-0.39, 0.29) is 5.91 Å². The van der Waals surface area contributed by atoms with E-state index in [0.29, 0.717) is 12.2 Å². The smallest absolute Gasteiger partial charge is 0.226 e. The number of carbonyl (C=O) groups is 1. The zero-order valence-corrected chi connectivity index (χ0v) is 12.8. The molecule has 1 heterocycles. The van der Waals surface area contributed by atoms with Crippen molar-refractivity contribution in [2.75, 3.05) is 11.1 Å². The molecule has 2 N–H and O–H groups in total. The zero-order chi connectivity index (χ0) is 14.5. The molecule has 0 radical (unpaired) electrons. The molecule has 0 unspecified atom stereocenters. The molecule has 2 rings (SSSR count). The van der Waals surface area contributed by atoms with Crippen molar-refractivity contribution in [1.82, 2.24) is 10.2 Å². The maximum Gasteiger partial charge on any atom is 0.226 e. The third-order valence-electron chi connectivity index (χ3n) is 3.13. The minimum Gasteiger partial charge on any atom is -0.309 e. The van der Waals surface area contributed by atoms with Gasteiger partial charge in [-0.3, -0.25) is 9.89 Å². The summed E-state index contributed by atoms with van der Waals surface area (Å²) in [6.45, 7) is 5.94. The molecule has 106 valence electrons. The molecule has 4 nitrogen and oxygen atoms in total. The van der Waals surface area contributed by atoms with Crippen molar-refractivity contribution in [2.24, 2.45) is 0 Å².